The van der Waals surface area contributed by atoms with Crippen molar-refractivity contribution in [2.45, 2.75) is 26.5 Å². The molecular weight excluding hydrogens is 446 g/mol. The van der Waals surface area contributed by atoms with Crippen LogP contribution in [-0.4, -0.2) is 29.3 Å². The van der Waals surface area contributed by atoms with Gasteiger partial charge >= 0.3 is 0 Å². The van der Waals surface area contributed by atoms with E-state index >= 15 is 0 Å². The molecule has 1 aliphatic rings. The Balaban J connectivity index is 1.62. The summed E-state index contributed by atoms with van der Waals surface area (Å²) in [6.45, 7) is 4.01. The lowest BCUT2D eigenvalue weighted by Gasteiger charge is -2.16. The van der Waals surface area contributed by atoms with Gasteiger partial charge in [-0.2, -0.15) is 0 Å². The quantitative estimate of drug-likeness (QED) is 0.386. The van der Waals surface area contributed by atoms with Gasteiger partial charge in [0.2, 0.25) is 0 Å². The van der Waals surface area contributed by atoms with Gasteiger partial charge in [-0.05, 0) is 65.7 Å². The Morgan fingerprint density at radius 1 is 1.09 bits per heavy atom. The van der Waals surface area contributed by atoms with Crippen LogP contribution in [0.15, 0.2) is 59.5 Å². The molecule has 32 heavy (non-hydrogen) atoms. The fourth-order valence-corrected chi connectivity index (χ4v) is 4.66. The van der Waals surface area contributed by atoms with Crippen molar-refractivity contribution >= 4 is 51.4 Å². The number of hydrogen-bond acceptors (Lipinski definition) is 5. The fourth-order valence-electron chi connectivity index (χ4n) is 3.56. The van der Waals surface area contributed by atoms with E-state index in [0.29, 0.717) is 27.0 Å². The minimum absolute atomic E-state index is 0.0715. The first kappa shape index (κ1) is 22.2. The third-order valence-corrected chi connectivity index (χ3v) is 6.17. The van der Waals surface area contributed by atoms with Crippen molar-refractivity contribution in [3.8, 4) is 11.5 Å². The van der Waals surface area contributed by atoms with E-state index in [0.717, 1.165) is 28.1 Å². The van der Waals surface area contributed by atoms with Crippen LogP contribution in [0.3, 0.4) is 0 Å². The Hall–Kier alpha value is -2.96. The Bertz CT molecular complexity index is 1230. The van der Waals surface area contributed by atoms with E-state index in [1.165, 1.54) is 12.0 Å². The van der Waals surface area contributed by atoms with Gasteiger partial charge in [0.05, 0.1) is 29.7 Å². The van der Waals surface area contributed by atoms with E-state index in [1.54, 1.807) is 18.2 Å². The molecule has 1 heterocycles. The maximum absolute atomic E-state index is 13.0. The molecule has 5 nitrogen and oxygen atoms in total. The van der Waals surface area contributed by atoms with Crippen LogP contribution in [0.25, 0.3) is 16.8 Å². The molecule has 7 heteroatoms. The summed E-state index contributed by atoms with van der Waals surface area (Å²) in [5.41, 5.74) is 1.57. The van der Waals surface area contributed by atoms with Crippen LogP contribution in [0.1, 0.15) is 25.0 Å². The zero-order valence-electron chi connectivity index (χ0n) is 17.9. The first-order chi connectivity index (χ1) is 15.4. The van der Waals surface area contributed by atoms with Gasteiger partial charge in [-0.25, -0.2) is 0 Å². The lowest BCUT2D eigenvalue weighted by Crippen LogP contribution is -2.27. The second kappa shape index (κ2) is 9.27. The molecule has 1 aliphatic heterocycles. The molecule has 0 N–H and O–H groups in total. The highest BCUT2D eigenvalue weighted by molar-refractivity contribution is 8.18. The van der Waals surface area contributed by atoms with Gasteiger partial charge in [-0.3, -0.25) is 14.5 Å². The number of ether oxygens (including phenoxy) is 2. The zero-order valence-corrected chi connectivity index (χ0v) is 19.5. The third-order valence-electron chi connectivity index (χ3n) is 4.99. The molecule has 0 atom stereocenters. The fraction of sp³-hybridized carbons (Fsp3) is 0.200. The molecule has 3 aromatic rings. The average molecular weight is 468 g/mol. The second-order valence-corrected chi connectivity index (χ2v) is 9.01. The average Bonchev–Trinajstić information content (AvgIpc) is 3.02. The van der Waals surface area contributed by atoms with Crippen LogP contribution in [0.5, 0.6) is 11.5 Å². The van der Waals surface area contributed by atoms with E-state index in [-0.39, 0.29) is 23.8 Å². The molecule has 164 valence electrons. The summed E-state index contributed by atoms with van der Waals surface area (Å²) < 4.78 is 11.2. The van der Waals surface area contributed by atoms with Crippen LogP contribution in [0, 0.1) is 0 Å². The number of nitrogens with zero attached hydrogens (tertiary/aromatic N) is 1. The lowest BCUT2D eigenvalue weighted by atomic mass is 10.0. The highest BCUT2D eigenvalue weighted by Gasteiger charge is 2.35. The molecule has 0 spiro atoms. The van der Waals surface area contributed by atoms with E-state index in [2.05, 4.69) is 0 Å². The molecule has 4 rings (SSSR count). The maximum Gasteiger partial charge on any atom is 0.293 e. The number of halogens is 1. The summed E-state index contributed by atoms with van der Waals surface area (Å²) in [4.78, 5) is 27.3. The summed E-state index contributed by atoms with van der Waals surface area (Å²) in [5.74, 6) is 0.586. The van der Waals surface area contributed by atoms with Gasteiger partial charge in [0, 0.05) is 0 Å². The number of benzene rings is 3. The number of amides is 2. The maximum atomic E-state index is 13.0. The van der Waals surface area contributed by atoms with Crippen molar-refractivity contribution in [2.75, 3.05) is 7.11 Å². The van der Waals surface area contributed by atoms with E-state index in [1.807, 2.05) is 56.3 Å². The number of carbonyl (C=O) groups excluding carboxylic acids is 2. The largest absolute Gasteiger partial charge is 0.493 e. The first-order valence-electron chi connectivity index (χ1n) is 10.1. The number of rotatable bonds is 6. The Morgan fingerprint density at radius 3 is 2.59 bits per heavy atom. The van der Waals surface area contributed by atoms with Crippen molar-refractivity contribution in [3.05, 3.63) is 75.7 Å². The van der Waals surface area contributed by atoms with Crippen LogP contribution in [-0.2, 0) is 11.3 Å². The number of hydrogen-bond donors (Lipinski definition) is 0. The smallest absolute Gasteiger partial charge is 0.293 e. The highest BCUT2D eigenvalue weighted by atomic mass is 35.5. The molecule has 2 amide bonds. The molecule has 0 radical (unpaired) electrons. The normalized spacial score (nSPS) is 15.3. The highest BCUT2D eigenvalue weighted by Crippen LogP contribution is 2.39. The summed E-state index contributed by atoms with van der Waals surface area (Å²) in [7, 11) is 1.53. The van der Waals surface area contributed by atoms with E-state index < -0.39 is 0 Å². The molecule has 0 aliphatic carbocycles. The molecule has 3 aromatic carbocycles. The van der Waals surface area contributed by atoms with Crippen molar-refractivity contribution in [1.29, 1.82) is 0 Å². The van der Waals surface area contributed by atoms with Gasteiger partial charge in [-0.1, -0.05) is 54.1 Å². The van der Waals surface area contributed by atoms with E-state index in [4.69, 9.17) is 21.1 Å². The molecule has 0 bridgehead atoms. The van der Waals surface area contributed by atoms with Crippen molar-refractivity contribution in [2.24, 2.45) is 0 Å². The van der Waals surface area contributed by atoms with Crippen LogP contribution in [0.4, 0.5) is 4.79 Å². The number of imide groups is 1. The minimum atomic E-state index is -0.328. The SMILES string of the molecule is COc1cc(/C=C2/SC(=O)N(Cc3cccc4ccccc34)C2=O)cc(Cl)c1OC(C)C. The monoisotopic (exact) mass is 467 g/mol. The van der Waals surface area contributed by atoms with Gasteiger partial charge in [-0.15, -0.1) is 0 Å². The van der Waals surface area contributed by atoms with Gasteiger partial charge in [0.25, 0.3) is 11.1 Å². The Kier molecular flexibility index (Phi) is 6.44. The van der Waals surface area contributed by atoms with Crippen molar-refractivity contribution in [1.82, 2.24) is 4.90 Å². The van der Waals surface area contributed by atoms with Crippen LogP contribution >= 0.6 is 23.4 Å². The predicted molar refractivity (Wildman–Crippen MR) is 129 cm³/mol. The summed E-state index contributed by atoms with van der Waals surface area (Å²) in [5, 5.41) is 2.17. The topological polar surface area (TPSA) is 55.8 Å². The summed E-state index contributed by atoms with van der Waals surface area (Å²) in [6, 6.07) is 17.2. The Morgan fingerprint density at radius 2 is 1.84 bits per heavy atom. The number of fused-ring (bicyclic) bond motifs is 1. The van der Waals surface area contributed by atoms with Gasteiger partial charge < -0.3 is 9.47 Å². The van der Waals surface area contributed by atoms with Crippen LogP contribution in [0.2, 0.25) is 5.02 Å². The molecule has 1 fully saturated rings. The number of carbonyl (C=O) groups is 2. The van der Waals surface area contributed by atoms with Crippen molar-refractivity contribution < 1.29 is 19.1 Å². The molecule has 1 saturated heterocycles. The second-order valence-electron chi connectivity index (χ2n) is 7.61. The number of methoxy groups -OCH3 is 1. The first-order valence-corrected chi connectivity index (χ1v) is 11.3. The molecule has 0 unspecified atom stereocenters. The Labute approximate surface area is 195 Å². The van der Waals surface area contributed by atoms with Gasteiger partial charge in [0.15, 0.2) is 11.5 Å². The van der Waals surface area contributed by atoms with E-state index in [9.17, 15) is 9.59 Å². The summed E-state index contributed by atoms with van der Waals surface area (Å²) >= 11 is 7.31. The lowest BCUT2D eigenvalue weighted by molar-refractivity contribution is -0.123. The molecular formula is C25H22ClNO4S. The van der Waals surface area contributed by atoms with Crippen molar-refractivity contribution in [3.63, 3.8) is 0 Å². The third kappa shape index (κ3) is 4.47. The standard InChI is InChI=1S/C25H22ClNO4S/c1-15(2)31-23-20(26)11-16(12-21(23)30-3)13-22-24(28)27(25(29)32-22)14-18-9-6-8-17-7-4-5-10-19(17)18/h4-13,15H,14H2,1-3H3/b22-13+. The number of thioether (sulfide) groups is 1. The zero-order chi connectivity index (χ0) is 22.8. The van der Waals surface area contributed by atoms with Crippen LogP contribution < -0.4 is 9.47 Å². The molecule has 0 aromatic heterocycles. The molecule has 0 saturated carbocycles. The summed E-state index contributed by atoms with van der Waals surface area (Å²) in [6.07, 6.45) is 1.58. The van der Waals surface area contributed by atoms with Gasteiger partial charge in [0.1, 0.15) is 0 Å². The minimum Gasteiger partial charge on any atom is -0.493 e. The predicted octanol–water partition coefficient (Wildman–Crippen LogP) is 6.53.